The quantitative estimate of drug-likeness (QED) is 0.169. The minimum Gasteiger partial charge on any atom is -0.507 e. The van der Waals surface area contributed by atoms with Gasteiger partial charge in [-0.25, -0.2) is 4.98 Å². The van der Waals surface area contributed by atoms with Crippen molar-refractivity contribution in [3.8, 4) is 62.0 Å². The van der Waals surface area contributed by atoms with Crippen molar-refractivity contribution in [1.29, 1.82) is 0 Å². The van der Waals surface area contributed by atoms with Gasteiger partial charge in [0.05, 0.1) is 33.3 Å². The van der Waals surface area contributed by atoms with Crippen molar-refractivity contribution in [2.45, 2.75) is 26.2 Å². The Morgan fingerprint density at radius 2 is 1.22 bits per heavy atom. The van der Waals surface area contributed by atoms with Gasteiger partial charge in [0.25, 0.3) is 0 Å². The maximum absolute atomic E-state index is 11.3. The molecule has 3 heterocycles. The summed E-state index contributed by atoms with van der Waals surface area (Å²) in [5, 5.41) is 13.6. The Bertz CT molecular complexity index is 3120. The van der Waals surface area contributed by atoms with E-state index in [9.17, 15) is 5.11 Å². The molecular weight excluding hydrogens is 892 g/mol. The Kier molecular flexibility index (Phi) is 9.42. The standard InChI is InChI=1S/C52H39N4O.Pt/c1-52(2,3)37-28-29-46(42(31-37)34-16-6-4-7-17-34)56-47-26-15-24-39(50(47)54-51(56)41-23-11-13-27-49(41)57)35-18-14-19-36(30-35)44-32-48-43(33-53-44)40-22-10-12-25-45(40)55(48)38-20-8-5-9-21-38;/h4-29,31-33,57H,1-3H3;/q-1;. The van der Waals surface area contributed by atoms with Crippen molar-refractivity contribution < 1.29 is 26.2 Å². The molecule has 0 aliphatic heterocycles. The Morgan fingerprint density at radius 1 is 0.552 bits per heavy atom. The Morgan fingerprint density at radius 3 is 2.02 bits per heavy atom. The summed E-state index contributed by atoms with van der Waals surface area (Å²) in [7, 11) is 0. The van der Waals surface area contributed by atoms with E-state index >= 15 is 0 Å². The normalized spacial score (nSPS) is 11.6. The smallest absolute Gasteiger partial charge is 0.148 e. The molecule has 0 unspecified atom stereocenters. The summed E-state index contributed by atoms with van der Waals surface area (Å²) in [6.45, 7) is 6.72. The predicted octanol–water partition coefficient (Wildman–Crippen LogP) is 13.0. The van der Waals surface area contributed by atoms with Crippen molar-refractivity contribution >= 4 is 32.8 Å². The number of phenolic OH excluding ortho intramolecular Hbond substituents is 1. The summed E-state index contributed by atoms with van der Waals surface area (Å²) in [6.07, 6.45) is 1.99. The van der Waals surface area contributed by atoms with E-state index in [2.05, 4.69) is 169 Å². The van der Waals surface area contributed by atoms with Crippen molar-refractivity contribution in [3.05, 3.63) is 188 Å². The Balaban J connectivity index is 0.00000436. The maximum Gasteiger partial charge on any atom is 0.148 e. The molecule has 0 amide bonds. The van der Waals surface area contributed by atoms with E-state index in [1.165, 1.54) is 10.9 Å². The number of aromatic hydroxyl groups is 1. The molecule has 0 radical (unpaired) electrons. The molecule has 1 N–H and O–H groups in total. The first-order valence-electron chi connectivity index (χ1n) is 19.3. The van der Waals surface area contributed by atoms with E-state index in [0.29, 0.717) is 11.4 Å². The number of nitrogens with zero attached hydrogens (tertiary/aromatic N) is 4. The van der Waals surface area contributed by atoms with Crippen LogP contribution in [0.3, 0.4) is 0 Å². The van der Waals surface area contributed by atoms with Gasteiger partial charge in [0, 0.05) is 55.0 Å². The van der Waals surface area contributed by atoms with Gasteiger partial charge in [0.1, 0.15) is 11.6 Å². The molecule has 7 aromatic carbocycles. The topological polar surface area (TPSA) is 55.9 Å². The fourth-order valence-electron chi connectivity index (χ4n) is 8.09. The number of fused-ring (bicyclic) bond motifs is 4. The van der Waals surface area contributed by atoms with Gasteiger partial charge in [0.2, 0.25) is 0 Å². The molecule has 0 aliphatic carbocycles. The van der Waals surface area contributed by atoms with Crippen molar-refractivity contribution in [1.82, 2.24) is 19.1 Å². The van der Waals surface area contributed by atoms with Gasteiger partial charge in [-0.3, -0.25) is 9.55 Å². The molecule has 0 bridgehead atoms. The molecule has 0 atom stereocenters. The van der Waals surface area contributed by atoms with Crippen molar-refractivity contribution in [2.24, 2.45) is 0 Å². The summed E-state index contributed by atoms with van der Waals surface area (Å²) in [6, 6.07) is 62.1. The molecule has 0 saturated carbocycles. The molecule has 0 fully saturated rings. The number of rotatable bonds is 6. The average Bonchev–Trinajstić information content (AvgIpc) is 3.80. The number of phenols is 1. The SMILES string of the molecule is CC(C)(C)c1ccc(-n2c(-c3ccccc3O)nc3c(-c4[c-]c(-c5cc6c(cn5)c5ccccc5n6-c5ccccc5)ccc4)cccc32)c(-c2ccccc2)c1.[Pt]. The van der Waals surface area contributed by atoms with E-state index in [-0.39, 0.29) is 32.2 Å². The molecule has 10 rings (SSSR count). The van der Waals surface area contributed by atoms with Gasteiger partial charge in [0.15, 0.2) is 0 Å². The average molecular weight is 931 g/mol. The maximum atomic E-state index is 11.3. The van der Waals surface area contributed by atoms with Crippen LogP contribution in [0.25, 0.3) is 89.1 Å². The molecule has 10 aromatic rings. The fourth-order valence-corrected chi connectivity index (χ4v) is 8.09. The van der Waals surface area contributed by atoms with Gasteiger partial charge in [-0.05, 0) is 71.1 Å². The van der Waals surface area contributed by atoms with Crippen LogP contribution in [0.1, 0.15) is 26.3 Å². The number of aromatic nitrogens is 4. The van der Waals surface area contributed by atoms with Crippen LogP contribution in [0.4, 0.5) is 0 Å². The number of imidazole rings is 1. The second kappa shape index (κ2) is 14.8. The van der Waals surface area contributed by atoms with Crippen LogP contribution in [-0.2, 0) is 26.5 Å². The largest absolute Gasteiger partial charge is 0.507 e. The zero-order valence-corrected chi connectivity index (χ0v) is 34.6. The van der Waals surface area contributed by atoms with Crippen LogP contribution >= 0.6 is 0 Å². The first-order valence-corrected chi connectivity index (χ1v) is 19.3. The summed E-state index contributed by atoms with van der Waals surface area (Å²) in [5.74, 6) is 0.833. The predicted molar refractivity (Wildman–Crippen MR) is 234 cm³/mol. The number of hydrogen-bond donors (Lipinski definition) is 1. The Hall–Kier alpha value is -6.55. The molecule has 0 saturated heterocycles. The van der Waals surface area contributed by atoms with Crippen molar-refractivity contribution in [3.63, 3.8) is 0 Å². The third kappa shape index (κ3) is 6.33. The number of benzene rings is 7. The molecular formula is C52H39N4OPt-. The summed E-state index contributed by atoms with van der Waals surface area (Å²) in [4.78, 5) is 10.4. The van der Waals surface area contributed by atoms with Crippen LogP contribution in [0, 0.1) is 6.07 Å². The molecule has 58 heavy (non-hydrogen) atoms. The molecule has 0 aliphatic rings. The van der Waals surface area contributed by atoms with E-state index in [1.807, 2.05) is 36.5 Å². The summed E-state index contributed by atoms with van der Waals surface area (Å²) >= 11 is 0. The fraction of sp³-hybridized carbons (Fsp3) is 0.0769. The van der Waals surface area contributed by atoms with Crippen LogP contribution in [0.5, 0.6) is 5.75 Å². The first kappa shape index (κ1) is 37.0. The van der Waals surface area contributed by atoms with Gasteiger partial charge >= 0.3 is 0 Å². The van der Waals surface area contributed by atoms with E-state index in [0.717, 1.165) is 72.3 Å². The summed E-state index contributed by atoms with van der Waals surface area (Å²) < 4.78 is 4.51. The van der Waals surface area contributed by atoms with Crippen molar-refractivity contribution in [2.75, 3.05) is 0 Å². The number of pyridine rings is 1. The summed E-state index contributed by atoms with van der Waals surface area (Å²) in [5.41, 5.74) is 13.7. The van der Waals surface area contributed by atoms with E-state index < -0.39 is 0 Å². The minimum absolute atomic E-state index is 0. The first-order chi connectivity index (χ1) is 27.8. The molecule has 3 aromatic heterocycles. The van der Waals surface area contributed by atoms with Crippen LogP contribution in [-0.4, -0.2) is 24.2 Å². The minimum atomic E-state index is -0.0505. The Labute approximate surface area is 352 Å². The zero-order chi connectivity index (χ0) is 38.7. The molecule has 284 valence electrons. The molecule has 6 heteroatoms. The van der Waals surface area contributed by atoms with Gasteiger partial charge in [-0.1, -0.05) is 129 Å². The van der Waals surface area contributed by atoms with E-state index in [1.54, 1.807) is 6.07 Å². The zero-order valence-electron chi connectivity index (χ0n) is 32.3. The molecule has 0 spiro atoms. The third-order valence-corrected chi connectivity index (χ3v) is 11.0. The second-order valence-electron chi connectivity index (χ2n) is 15.6. The van der Waals surface area contributed by atoms with Crippen LogP contribution in [0.2, 0.25) is 0 Å². The number of hydrogen-bond acceptors (Lipinski definition) is 3. The van der Waals surface area contributed by atoms with Gasteiger partial charge in [-0.2, -0.15) is 0 Å². The van der Waals surface area contributed by atoms with Crippen LogP contribution in [0.15, 0.2) is 176 Å². The van der Waals surface area contributed by atoms with Gasteiger partial charge in [-0.15, -0.1) is 29.8 Å². The number of para-hydroxylation sites is 4. The van der Waals surface area contributed by atoms with E-state index in [4.69, 9.17) is 9.97 Å². The van der Waals surface area contributed by atoms with Gasteiger partial charge < -0.3 is 9.67 Å². The third-order valence-electron chi connectivity index (χ3n) is 11.0. The molecule has 5 nitrogen and oxygen atoms in total. The second-order valence-corrected chi connectivity index (χ2v) is 15.6. The van der Waals surface area contributed by atoms with Crippen LogP contribution < -0.4 is 0 Å². The monoisotopic (exact) mass is 930 g/mol.